The minimum Gasteiger partial charge on any atom is -0.480 e. The van der Waals surface area contributed by atoms with Gasteiger partial charge in [0.05, 0.1) is 4.90 Å². The number of carboxylic acids is 1. The average Bonchev–Trinajstić information content (AvgIpc) is 3.09. The molecule has 3 rings (SSSR count). The van der Waals surface area contributed by atoms with Crippen LogP contribution in [-0.4, -0.2) is 48.3 Å². The molecular weight excluding hydrogens is 332 g/mol. The van der Waals surface area contributed by atoms with Crippen molar-refractivity contribution in [2.45, 2.75) is 50.1 Å². The monoisotopic (exact) mass is 352 g/mol. The van der Waals surface area contributed by atoms with E-state index in [-0.39, 0.29) is 23.4 Å². The lowest BCUT2D eigenvalue weighted by Crippen LogP contribution is -2.40. The third kappa shape index (κ3) is 2.59. The summed E-state index contributed by atoms with van der Waals surface area (Å²) in [4.78, 5) is 24.8. The van der Waals surface area contributed by atoms with Gasteiger partial charge in [-0.1, -0.05) is 0 Å². The summed E-state index contributed by atoms with van der Waals surface area (Å²) in [5.41, 5.74) is 1.52. The molecule has 2 aliphatic rings. The van der Waals surface area contributed by atoms with Crippen LogP contribution in [0.1, 0.15) is 32.3 Å². The first-order chi connectivity index (χ1) is 11.2. The second-order valence-electron chi connectivity index (χ2n) is 6.34. The molecule has 130 valence electrons. The maximum Gasteiger partial charge on any atom is 0.322 e. The molecule has 1 saturated heterocycles. The highest BCUT2D eigenvalue weighted by Gasteiger charge is 2.40. The smallest absolute Gasteiger partial charge is 0.322 e. The first-order valence-electron chi connectivity index (χ1n) is 7.91. The molecule has 1 fully saturated rings. The number of nitrogens with zero attached hydrogens (tertiary/aromatic N) is 2. The number of carbonyl (C=O) groups excluding carboxylic acids is 1. The van der Waals surface area contributed by atoms with Crippen LogP contribution in [0.25, 0.3) is 0 Å². The summed E-state index contributed by atoms with van der Waals surface area (Å²) in [6.45, 7) is 3.61. The van der Waals surface area contributed by atoms with Gasteiger partial charge >= 0.3 is 5.97 Å². The van der Waals surface area contributed by atoms with E-state index in [1.165, 1.54) is 13.0 Å². The number of sulfonamides is 1. The molecule has 2 aliphatic heterocycles. The van der Waals surface area contributed by atoms with Crippen molar-refractivity contribution in [3.63, 3.8) is 0 Å². The predicted octanol–water partition coefficient (Wildman–Crippen LogP) is 1.22. The third-order valence-electron chi connectivity index (χ3n) is 4.70. The van der Waals surface area contributed by atoms with Crippen LogP contribution in [-0.2, 0) is 26.0 Å². The number of aliphatic carboxylic acids is 1. The zero-order valence-electron chi connectivity index (χ0n) is 13.6. The van der Waals surface area contributed by atoms with Crippen molar-refractivity contribution < 1.29 is 23.1 Å². The van der Waals surface area contributed by atoms with E-state index in [1.807, 2.05) is 6.92 Å². The summed E-state index contributed by atoms with van der Waals surface area (Å²) in [6.07, 6.45) is 1.45. The lowest BCUT2D eigenvalue weighted by Gasteiger charge is -2.22. The molecule has 2 atom stereocenters. The highest BCUT2D eigenvalue weighted by atomic mass is 32.2. The van der Waals surface area contributed by atoms with Crippen LogP contribution >= 0.6 is 0 Å². The second kappa shape index (κ2) is 5.86. The fraction of sp³-hybridized carbons (Fsp3) is 0.500. The van der Waals surface area contributed by atoms with Crippen molar-refractivity contribution in [3.8, 4) is 0 Å². The number of hydrogen-bond acceptors (Lipinski definition) is 4. The quantitative estimate of drug-likeness (QED) is 0.883. The molecule has 0 saturated carbocycles. The summed E-state index contributed by atoms with van der Waals surface area (Å²) in [7, 11) is -3.86. The molecule has 1 aromatic carbocycles. The van der Waals surface area contributed by atoms with Crippen LogP contribution in [0.4, 0.5) is 5.69 Å². The molecular formula is C16H20N2O5S. The van der Waals surface area contributed by atoms with Crippen LogP contribution < -0.4 is 4.90 Å². The Balaban J connectivity index is 1.98. The van der Waals surface area contributed by atoms with E-state index >= 15 is 0 Å². The zero-order chi connectivity index (χ0) is 17.6. The van der Waals surface area contributed by atoms with Crippen molar-refractivity contribution >= 4 is 27.6 Å². The number of amides is 1. The van der Waals surface area contributed by atoms with Gasteiger partial charge in [0.15, 0.2) is 0 Å². The van der Waals surface area contributed by atoms with Gasteiger partial charge in [0.2, 0.25) is 15.9 Å². The fourth-order valence-corrected chi connectivity index (χ4v) is 5.36. The van der Waals surface area contributed by atoms with Gasteiger partial charge in [-0.05, 0) is 49.9 Å². The lowest BCUT2D eigenvalue weighted by atomic mass is 10.1. The molecule has 0 aromatic heterocycles. The molecule has 0 radical (unpaired) electrons. The van der Waals surface area contributed by atoms with E-state index in [1.54, 1.807) is 17.0 Å². The summed E-state index contributed by atoms with van der Waals surface area (Å²) in [5.74, 6) is -1.20. The predicted molar refractivity (Wildman–Crippen MR) is 87.3 cm³/mol. The van der Waals surface area contributed by atoms with Gasteiger partial charge in [0.25, 0.3) is 0 Å². The van der Waals surface area contributed by atoms with Crippen LogP contribution in [0.5, 0.6) is 0 Å². The van der Waals surface area contributed by atoms with E-state index < -0.39 is 22.0 Å². The summed E-state index contributed by atoms with van der Waals surface area (Å²) >= 11 is 0. The molecule has 1 aromatic rings. The number of carbonyl (C=O) groups is 2. The zero-order valence-corrected chi connectivity index (χ0v) is 14.4. The SMILES string of the molecule is CC(=O)N1c2ccc(S(=O)(=O)N3CCCC3C(=O)O)cc2CC1C. The second-order valence-corrected chi connectivity index (χ2v) is 8.24. The molecule has 1 amide bonds. The van der Waals surface area contributed by atoms with E-state index in [9.17, 15) is 23.1 Å². The number of benzene rings is 1. The highest BCUT2D eigenvalue weighted by molar-refractivity contribution is 7.89. The maximum absolute atomic E-state index is 12.8. The van der Waals surface area contributed by atoms with Crippen molar-refractivity contribution in [2.75, 3.05) is 11.4 Å². The van der Waals surface area contributed by atoms with Crippen LogP contribution in [0.15, 0.2) is 23.1 Å². The van der Waals surface area contributed by atoms with Crippen LogP contribution in [0, 0.1) is 0 Å². The van der Waals surface area contributed by atoms with Crippen molar-refractivity contribution in [1.82, 2.24) is 4.31 Å². The molecule has 7 nitrogen and oxygen atoms in total. The van der Waals surface area contributed by atoms with E-state index in [0.29, 0.717) is 19.3 Å². The van der Waals surface area contributed by atoms with Gasteiger partial charge in [-0.15, -0.1) is 0 Å². The maximum atomic E-state index is 12.8. The Labute approximate surface area is 140 Å². The molecule has 2 heterocycles. The number of hydrogen-bond donors (Lipinski definition) is 1. The van der Waals surface area contributed by atoms with Gasteiger partial charge in [0.1, 0.15) is 6.04 Å². The van der Waals surface area contributed by atoms with Gasteiger partial charge < -0.3 is 10.0 Å². The minimum absolute atomic E-state index is 0.0194. The average molecular weight is 352 g/mol. The lowest BCUT2D eigenvalue weighted by molar-refractivity contribution is -0.140. The summed E-state index contributed by atoms with van der Waals surface area (Å²) in [6, 6.07) is 3.64. The van der Waals surface area contributed by atoms with Crippen molar-refractivity contribution in [1.29, 1.82) is 0 Å². The normalized spacial score (nSPS) is 24.2. The molecule has 0 spiro atoms. The topological polar surface area (TPSA) is 95.0 Å². The Hall–Kier alpha value is -1.93. The Morgan fingerprint density at radius 3 is 2.62 bits per heavy atom. The molecule has 2 unspecified atom stereocenters. The molecule has 24 heavy (non-hydrogen) atoms. The number of anilines is 1. The van der Waals surface area contributed by atoms with Gasteiger partial charge in [-0.2, -0.15) is 4.31 Å². The minimum atomic E-state index is -3.86. The number of carboxylic acid groups (broad SMARTS) is 1. The van der Waals surface area contributed by atoms with E-state index in [2.05, 4.69) is 0 Å². The molecule has 8 heteroatoms. The largest absolute Gasteiger partial charge is 0.480 e. The number of fused-ring (bicyclic) bond motifs is 1. The molecule has 1 N–H and O–H groups in total. The molecule has 0 bridgehead atoms. The van der Waals surface area contributed by atoms with Gasteiger partial charge in [-0.25, -0.2) is 8.42 Å². The Morgan fingerprint density at radius 2 is 2.00 bits per heavy atom. The van der Waals surface area contributed by atoms with Crippen molar-refractivity contribution in [3.05, 3.63) is 23.8 Å². The first-order valence-corrected chi connectivity index (χ1v) is 9.35. The van der Waals surface area contributed by atoms with Gasteiger partial charge in [0, 0.05) is 25.2 Å². The summed E-state index contributed by atoms with van der Waals surface area (Å²) < 4.78 is 26.7. The van der Waals surface area contributed by atoms with Gasteiger partial charge in [-0.3, -0.25) is 9.59 Å². The molecule has 0 aliphatic carbocycles. The van der Waals surface area contributed by atoms with Crippen molar-refractivity contribution in [2.24, 2.45) is 0 Å². The Bertz CT molecular complexity index is 805. The standard InChI is InChI=1S/C16H20N2O5S/c1-10-8-12-9-13(5-6-14(12)18(10)11(2)19)24(22,23)17-7-3-4-15(17)16(20)21/h5-6,9-10,15H,3-4,7-8H2,1-2H3,(H,20,21). The third-order valence-corrected chi connectivity index (χ3v) is 6.61. The Kier molecular flexibility index (Phi) is 4.13. The van der Waals surface area contributed by atoms with Crippen LogP contribution in [0.2, 0.25) is 0 Å². The van der Waals surface area contributed by atoms with E-state index in [4.69, 9.17) is 0 Å². The highest BCUT2D eigenvalue weighted by Crippen LogP contribution is 2.35. The Morgan fingerprint density at radius 1 is 1.29 bits per heavy atom. The van der Waals surface area contributed by atoms with E-state index in [0.717, 1.165) is 15.6 Å². The van der Waals surface area contributed by atoms with Crippen LogP contribution in [0.3, 0.4) is 0 Å². The fourth-order valence-electron chi connectivity index (χ4n) is 3.66. The number of rotatable bonds is 3. The first kappa shape index (κ1) is 16.9. The summed E-state index contributed by atoms with van der Waals surface area (Å²) in [5, 5.41) is 9.23.